The molecule has 0 bridgehead atoms. The molecule has 3 atom stereocenters. The Bertz CT molecular complexity index is 1030. The van der Waals surface area contributed by atoms with Crippen LogP contribution in [0.3, 0.4) is 0 Å². The largest absolute Gasteiger partial charge is 0.491 e. The van der Waals surface area contributed by atoms with Gasteiger partial charge in [-0.15, -0.1) is 0 Å². The van der Waals surface area contributed by atoms with Crippen LogP contribution in [-0.2, 0) is 9.53 Å². The van der Waals surface area contributed by atoms with Gasteiger partial charge in [-0.05, 0) is 31.2 Å². The maximum absolute atomic E-state index is 13.4. The molecule has 0 fully saturated rings. The fourth-order valence-corrected chi connectivity index (χ4v) is 3.97. The molecule has 9 nitrogen and oxygen atoms in total. The van der Waals surface area contributed by atoms with Crippen LogP contribution in [0.2, 0.25) is 0 Å². The highest BCUT2D eigenvalue weighted by Gasteiger charge is 2.31. The molecular formula is C25H32N4O5. The van der Waals surface area contributed by atoms with Gasteiger partial charge in [0.1, 0.15) is 18.1 Å². The van der Waals surface area contributed by atoms with Crippen molar-refractivity contribution in [2.75, 3.05) is 39.2 Å². The van der Waals surface area contributed by atoms with E-state index < -0.39 is 0 Å². The molecule has 0 saturated heterocycles. The molecule has 2 aromatic rings. The number of benzene rings is 1. The first-order valence-electron chi connectivity index (χ1n) is 11.3. The molecule has 3 rings (SSSR count). The molecule has 2 heterocycles. The van der Waals surface area contributed by atoms with E-state index in [0.29, 0.717) is 35.8 Å². The summed E-state index contributed by atoms with van der Waals surface area (Å²) in [4.78, 5) is 45.6. The minimum absolute atomic E-state index is 0.0589. The standard InChI is InChI=1S/C25H32N4O5/c1-16-13-29(25(32)21-8-6-7-11-26-21)17(2)15-34-22-12-19(27-18(3)30)9-10-20(22)24(31)28(4)14-23(16)33-5/h6-12,16-17,23H,13-15H2,1-5H3,(H,27,30)/t16-,17-,23+/m0/s1. The fraction of sp³-hybridized carbons (Fsp3) is 0.440. The predicted molar refractivity (Wildman–Crippen MR) is 128 cm³/mol. The van der Waals surface area contributed by atoms with Crippen molar-refractivity contribution in [3.8, 4) is 5.75 Å². The van der Waals surface area contributed by atoms with E-state index in [1.165, 1.54) is 6.92 Å². The number of rotatable bonds is 3. The fourth-order valence-electron chi connectivity index (χ4n) is 3.97. The molecule has 1 aliphatic rings. The minimum Gasteiger partial charge on any atom is -0.491 e. The number of carbonyl (C=O) groups excluding carboxylic acids is 3. The van der Waals surface area contributed by atoms with Crippen molar-refractivity contribution in [2.24, 2.45) is 5.92 Å². The van der Waals surface area contributed by atoms with E-state index in [9.17, 15) is 14.4 Å². The molecule has 1 N–H and O–H groups in total. The topological polar surface area (TPSA) is 101 Å². The van der Waals surface area contributed by atoms with Crippen molar-refractivity contribution in [1.82, 2.24) is 14.8 Å². The molecule has 9 heteroatoms. The Morgan fingerprint density at radius 3 is 2.59 bits per heavy atom. The smallest absolute Gasteiger partial charge is 0.272 e. The van der Waals surface area contributed by atoms with E-state index in [1.807, 2.05) is 13.8 Å². The van der Waals surface area contributed by atoms with Gasteiger partial charge in [0.2, 0.25) is 5.91 Å². The van der Waals surface area contributed by atoms with E-state index in [-0.39, 0.29) is 42.4 Å². The summed E-state index contributed by atoms with van der Waals surface area (Å²) in [6, 6.07) is 9.84. The SMILES string of the molecule is CO[C@@H]1CN(C)C(=O)c2ccc(NC(C)=O)cc2OC[C@H](C)N(C(=O)c2ccccn2)C[C@@H]1C. The van der Waals surface area contributed by atoms with Gasteiger partial charge in [-0.1, -0.05) is 13.0 Å². The zero-order valence-corrected chi connectivity index (χ0v) is 20.3. The molecule has 0 aliphatic carbocycles. The Morgan fingerprint density at radius 1 is 1.18 bits per heavy atom. The second kappa shape index (κ2) is 11.1. The van der Waals surface area contributed by atoms with Gasteiger partial charge in [-0.2, -0.15) is 0 Å². The summed E-state index contributed by atoms with van der Waals surface area (Å²) in [7, 11) is 3.31. The van der Waals surface area contributed by atoms with Crippen LogP contribution < -0.4 is 10.1 Å². The number of ether oxygens (including phenoxy) is 2. The van der Waals surface area contributed by atoms with Crippen molar-refractivity contribution < 1.29 is 23.9 Å². The van der Waals surface area contributed by atoms with Crippen LogP contribution in [-0.4, -0.2) is 78.5 Å². The summed E-state index contributed by atoms with van der Waals surface area (Å²) < 4.78 is 11.8. The van der Waals surface area contributed by atoms with Gasteiger partial charge in [0, 0.05) is 58.0 Å². The summed E-state index contributed by atoms with van der Waals surface area (Å²) in [6.45, 7) is 6.19. The first-order valence-corrected chi connectivity index (χ1v) is 11.3. The number of hydrogen-bond donors (Lipinski definition) is 1. The lowest BCUT2D eigenvalue weighted by atomic mass is 10.0. The van der Waals surface area contributed by atoms with Gasteiger partial charge in [-0.25, -0.2) is 0 Å². The summed E-state index contributed by atoms with van der Waals surface area (Å²) in [5.41, 5.74) is 1.24. The van der Waals surface area contributed by atoms with E-state index >= 15 is 0 Å². The van der Waals surface area contributed by atoms with Gasteiger partial charge >= 0.3 is 0 Å². The quantitative estimate of drug-likeness (QED) is 0.743. The van der Waals surface area contributed by atoms with Crippen LogP contribution >= 0.6 is 0 Å². The van der Waals surface area contributed by atoms with E-state index in [0.717, 1.165) is 0 Å². The number of amides is 3. The number of nitrogens with zero attached hydrogens (tertiary/aromatic N) is 3. The van der Waals surface area contributed by atoms with E-state index in [1.54, 1.807) is 66.6 Å². The number of likely N-dealkylation sites (N-methyl/N-ethyl adjacent to an activating group) is 1. The van der Waals surface area contributed by atoms with Crippen LogP contribution in [0.5, 0.6) is 5.75 Å². The highest BCUT2D eigenvalue weighted by atomic mass is 16.5. The Morgan fingerprint density at radius 2 is 1.94 bits per heavy atom. The number of nitrogens with one attached hydrogen (secondary N) is 1. The summed E-state index contributed by atoms with van der Waals surface area (Å²) in [5, 5.41) is 2.71. The maximum atomic E-state index is 13.4. The molecule has 1 aromatic heterocycles. The molecule has 1 aromatic carbocycles. The first kappa shape index (κ1) is 25.2. The van der Waals surface area contributed by atoms with E-state index in [2.05, 4.69) is 10.3 Å². The molecule has 34 heavy (non-hydrogen) atoms. The second-order valence-corrected chi connectivity index (χ2v) is 8.66. The first-order chi connectivity index (χ1) is 16.2. The Kier molecular flexibility index (Phi) is 8.22. The Hall–Kier alpha value is -3.46. The van der Waals surface area contributed by atoms with Crippen LogP contribution in [0.1, 0.15) is 41.6 Å². The Labute approximate surface area is 200 Å². The molecular weight excluding hydrogens is 436 g/mol. The molecule has 0 spiro atoms. The highest BCUT2D eigenvalue weighted by molar-refractivity contribution is 5.98. The van der Waals surface area contributed by atoms with Gasteiger partial charge < -0.3 is 24.6 Å². The lowest BCUT2D eigenvalue weighted by molar-refractivity contribution is -0.114. The van der Waals surface area contributed by atoms with Gasteiger partial charge in [0.05, 0.1) is 17.7 Å². The number of carbonyl (C=O) groups is 3. The van der Waals surface area contributed by atoms with Crippen LogP contribution in [0, 0.1) is 5.92 Å². The van der Waals surface area contributed by atoms with Crippen molar-refractivity contribution in [3.05, 3.63) is 53.9 Å². The summed E-state index contributed by atoms with van der Waals surface area (Å²) >= 11 is 0. The lowest BCUT2D eigenvalue weighted by Crippen LogP contribution is -2.48. The summed E-state index contributed by atoms with van der Waals surface area (Å²) in [5.74, 6) is -0.367. The zero-order chi connectivity index (χ0) is 24.8. The van der Waals surface area contributed by atoms with Crippen LogP contribution in [0.4, 0.5) is 5.69 Å². The van der Waals surface area contributed by atoms with Gasteiger partial charge in [0.25, 0.3) is 11.8 Å². The van der Waals surface area contributed by atoms with Crippen molar-refractivity contribution in [1.29, 1.82) is 0 Å². The number of hydrogen-bond acceptors (Lipinski definition) is 6. The number of methoxy groups -OCH3 is 1. The number of fused-ring (bicyclic) bond motifs is 1. The average molecular weight is 469 g/mol. The van der Waals surface area contributed by atoms with Gasteiger partial charge in [-0.3, -0.25) is 19.4 Å². The van der Waals surface area contributed by atoms with Crippen molar-refractivity contribution >= 4 is 23.4 Å². The van der Waals surface area contributed by atoms with E-state index in [4.69, 9.17) is 9.47 Å². The second-order valence-electron chi connectivity index (χ2n) is 8.66. The molecule has 0 unspecified atom stereocenters. The summed E-state index contributed by atoms with van der Waals surface area (Å²) in [6.07, 6.45) is 1.30. The zero-order valence-electron chi connectivity index (χ0n) is 20.3. The third-order valence-electron chi connectivity index (χ3n) is 5.91. The van der Waals surface area contributed by atoms with Gasteiger partial charge in [0.15, 0.2) is 0 Å². The minimum atomic E-state index is -0.320. The number of pyridine rings is 1. The lowest BCUT2D eigenvalue weighted by Gasteiger charge is -2.36. The van der Waals surface area contributed by atoms with Crippen LogP contribution in [0.25, 0.3) is 0 Å². The Balaban J connectivity index is 2.00. The third-order valence-corrected chi connectivity index (χ3v) is 5.91. The molecule has 3 amide bonds. The van der Waals surface area contributed by atoms with Crippen LogP contribution in [0.15, 0.2) is 42.6 Å². The monoisotopic (exact) mass is 468 g/mol. The van der Waals surface area contributed by atoms with Crippen molar-refractivity contribution in [3.63, 3.8) is 0 Å². The molecule has 1 aliphatic heterocycles. The average Bonchev–Trinajstić information content (AvgIpc) is 2.82. The number of anilines is 1. The molecule has 0 saturated carbocycles. The third kappa shape index (κ3) is 5.91. The molecule has 0 radical (unpaired) electrons. The normalized spacial score (nSPS) is 21.6. The predicted octanol–water partition coefficient (Wildman–Crippen LogP) is 2.69. The maximum Gasteiger partial charge on any atom is 0.272 e. The van der Waals surface area contributed by atoms with Crippen molar-refractivity contribution in [2.45, 2.75) is 32.9 Å². The number of aromatic nitrogens is 1. The molecule has 182 valence electrons. The highest BCUT2D eigenvalue weighted by Crippen LogP contribution is 2.27.